The van der Waals surface area contributed by atoms with Crippen molar-refractivity contribution < 1.29 is 4.79 Å². The summed E-state index contributed by atoms with van der Waals surface area (Å²) in [4.78, 5) is 24.6. The Bertz CT molecular complexity index is 1590. The van der Waals surface area contributed by atoms with Gasteiger partial charge in [0.2, 0.25) is 0 Å². The van der Waals surface area contributed by atoms with E-state index in [4.69, 9.17) is 0 Å². The van der Waals surface area contributed by atoms with Gasteiger partial charge in [-0.25, -0.2) is 0 Å². The van der Waals surface area contributed by atoms with Crippen LogP contribution in [0.2, 0.25) is 0 Å². The predicted molar refractivity (Wildman–Crippen MR) is 145 cm³/mol. The largest absolute Gasteiger partial charge is 0.355 e. The van der Waals surface area contributed by atoms with Gasteiger partial charge >= 0.3 is 0 Å². The first-order valence-corrected chi connectivity index (χ1v) is 12.2. The average molecular weight is 477 g/mol. The highest BCUT2D eigenvalue weighted by molar-refractivity contribution is 6.02. The second-order valence-corrected chi connectivity index (χ2v) is 9.54. The van der Waals surface area contributed by atoms with E-state index in [1.165, 1.54) is 5.39 Å². The quantitative estimate of drug-likeness (QED) is 0.375. The molecule has 2 N–H and O–H groups in total. The molecule has 36 heavy (non-hydrogen) atoms. The molecule has 7 nitrogen and oxygen atoms in total. The molecule has 0 aliphatic carbocycles. The van der Waals surface area contributed by atoms with Crippen LogP contribution in [0.1, 0.15) is 16.8 Å². The molecule has 180 valence electrons. The van der Waals surface area contributed by atoms with Crippen LogP contribution in [0.15, 0.2) is 79.3 Å². The summed E-state index contributed by atoms with van der Waals surface area (Å²) in [6, 6.07) is 20.4. The van der Waals surface area contributed by atoms with Crippen LogP contribution in [0.25, 0.3) is 33.1 Å². The lowest BCUT2D eigenvalue weighted by Gasteiger charge is -2.17. The molecule has 1 atom stereocenters. The number of nitrogens with one attached hydrogen (secondary N) is 2. The van der Waals surface area contributed by atoms with Crippen LogP contribution < -0.4 is 10.6 Å². The lowest BCUT2D eigenvalue weighted by atomic mass is 10.0. The molecule has 1 aliphatic heterocycles. The molecule has 5 aromatic rings. The van der Waals surface area contributed by atoms with Gasteiger partial charge in [-0.3, -0.25) is 14.8 Å². The van der Waals surface area contributed by atoms with E-state index in [1.54, 1.807) is 12.4 Å². The van der Waals surface area contributed by atoms with Crippen LogP contribution in [0.5, 0.6) is 0 Å². The summed E-state index contributed by atoms with van der Waals surface area (Å²) in [5, 5.41) is 7.88. The number of nitrogens with zero attached hydrogens (tertiary/aromatic N) is 4. The van der Waals surface area contributed by atoms with Crippen molar-refractivity contribution in [2.45, 2.75) is 12.5 Å². The van der Waals surface area contributed by atoms with Crippen LogP contribution in [0, 0.1) is 0 Å². The first kappa shape index (κ1) is 22.2. The highest BCUT2D eigenvalue weighted by Crippen LogP contribution is 2.33. The molecule has 0 spiro atoms. The third-order valence-corrected chi connectivity index (χ3v) is 6.95. The van der Waals surface area contributed by atoms with E-state index < -0.39 is 0 Å². The molecule has 3 heterocycles. The summed E-state index contributed by atoms with van der Waals surface area (Å²) in [5.74, 6) is -0.0617. The van der Waals surface area contributed by atoms with E-state index in [9.17, 15) is 4.79 Å². The number of aromatic nitrogens is 3. The number of amides is 1. The Balaban J connectivity index is 1.38. The maximum atomic E-state index is 13.2. The number of likely N-dealkylation sites (tertiary alicyclic amines) is 1. The number of para-hydroxylation sites is 1. The van der Waals surface area contributed by atoms with Crippen molar-refractivity contribution in [1.29, 1.82) is 0 Å². The topological polar surface area (TPSA) is 75.1 Å². The summed E-state index contributed by atoms with van der Waals surface area (Å²) in [6.45, 7) is 1.87. The van der Waals surface area contributed by atoms with Crippen LogP contribution >= 0.6 is 0 Å². The SMILES string of the molecule is CN1CCC(NC(=O)c2ccccc2Nc2cc(-c3ccc4ccn(C)c4c3)c3nccnc3c2)C1. The third-order valence-electron chi connectivity index (χ3n) is 6.95. The van der Waals surface area contributed by atoms with Crippen molar-refractivity contribution in [2.75, 3.05) is 25.5 Å². The lowest BCUT2D eigenvalue weighted by molar-refractivity contribution is 0.0939. The van der Waals surface area contributed by atoms with E-state index in [1.807, 2.05) is 37.4 Å². The molecule has 0 radical (unpaired) electrons. The minimum Gasteiger partial charge on any atom is -0.355 e. The van der Waals surface area contributed by atoms with Crippen LogP contribution in [0.4, 0.5) is 11.4 Å². The van der Waals surface area contributed by atoms with Gasteiger partial charge in [0, 0.05) is 55.0 Å². The number of anilines is 2. The summed E-state index contributed by atoms with van der Waals surface area (Å²) in [7, 11) is 4.13. The smallest absolute Gasteiger partial charge is 0.253 e. The van der Waals surface area contributed by atoms with Crippen LogP contribution in [0.3, 0.4) is 0 Å². The monoisotopic (exact) mass is 476 g/mol. The molecular weight excluding hydrogens is 448 g/mol. The maximum Gasteiger partial charge on any atom is 0.253 e. The molecule has 1 amide bonds. The summed E-state index contributed by atoms with van der Waals surface area (Å²) in [6.07, 6.45) is 6.46. The fourth-order valence-electron chi connectivity index (χ4n) is 5.06. The highest BCUT2D eigenvalue weighted by atomic mass is 16.1. The molecule has 0 bridgehead atoms. The summed E-state index contributed by atoms with van der Waals surface area (Å²) in [5.41, 5.74) is 7.07. The van der Waals surface area contributed by atoms with Gasteiger partial charge in [0.1, 0.15) is 0 Å². The van der Waals surface area contributed by atoms with Gasteiger partial charge in [0.25, 0.3) is 5.91 Å². The zero-order valence-electron chi connectivity index (χ0n) is 20.4. The molecule has 1 unspecified atom stereocenters. The Morgan fingerprint density at radius 1 is 1.00 bits per heavy atom. The number of carbonyl (C=O) groups is 1. The molecule has 2 aromatic heterocycles. The van der Waals surface area contributed by atoms with Crippen molar-refractivity contribution in [3.05, 3.63) is 84.8 Å². The summed E-state index contributed by atoms with van der Waals surface area (Å²) >= 11 is 0. The van der Waals surface area contributed by atoms with Crippen LogP contribution in [-0.2, 0) is 7.05 Å². The van der Waals surface area contributed by atoms with Crippen molar-refractivity contribution in [3.8, 4) is 11.1 Å². The number of carbonyl (C=O) groups excluding carboxylic acids is 1. The first-order chi connectivity index (χ1) is 17.5. The van der Waals surface area contributed by atoms with Gasteiger partial charge in [-0.1, -0.05) is 24.3 Å². The Morgan fingerprint density at radius 3 is 2.72 bits per heavy atom. The van der Waals surface area contributed by atoms with Crippen molar-refractivity contribution in [3.63, 3.8) is 0 Å². The van der Waals surface area contributed by atoms with Gasteiger partial charge in [0.15, 0.2) is 0 Å². The Labute approximate surface area is 209 Å². The first-order valence-electron chi connectivity index (χ1n) is 12.2. The zero-order valence-corrected chi connectivity index (χ0v) is 20.4. The number of hydrogen-bond donors (Lipinski definition) is 2. The molecule has 1 saturated heterocycles. The maximum absolute atomic E-state index is 13.2. The fraction of sp³-hybridized carbons (Fsp3) is 0.207. The number of hydrogen-bond acceptors (Lipinski definition) is 5. The van der Waals surface area contributed by atoms with Gasteiger partial charge in [-0.05, 0) is 67.4 Å². The van der Waals surface area contributed by atoms with Crippen LogP contribution in [-0.4, -0.2) is 51.5 Å². The molecule has 1 aliphatic rings. The minimum absolute atomic E-state index is 0.0617. The normalized spacial score (nSPS) is 16.0. The molecule has 6 rings (SSSR count). The fourth-order valence-corrected chi connectivity index (χ4v) is 5.06. The average Bonchev–Trinajstić information content (AvgIpc) is 3.48. The van der Waals surface area contributed by atoms with Gasteiger partial charge in [-0.2, -0.15) is 0 Å². The minimum atomic E-state index is -0.0617. The highest BCUT2D eigenvalue weighted by Gasteiger charge is 2.22. The number of rotatable bonds is 5. The Hall–Kier alpha value is -4.23. The lowest BCUT2D eigenvalue weighted by Crippen LogP contribution is -2.36. The van der Waals surface area contributed by atoms with E-state index in [0.717, 1.165) is 58.6 Å². The number of benzene rings is 3. The standard InChI is InChI=1S/C29H28N6O/c1-34-13-10-21(18-34)33-29(36)23-5-3-4-6-25(23)32-22-16-24(28-26(17-22)30-11-12-31-28)20-8-7-19-9-14-35(2)27(19)15-20/h3-9,11-12,14-17,21,32H,10,13,18H2,1-2H3,(H,33,36). The number of likely N-dealkylation sites (N-methyl/N-ethyl adjacent to an activating group) is 1. The molecular formula is C29H28N6O. The second-order valence-electron chi connectivity index (χ2n) is 9.54. The van der Waals surface area contributed by atoms with Crippen molar-refractivity contribution in [1.82, 2.24) is 24.8 Å². The van der Waals surface area contributed by atoms with Gasteiger partial charge in [-0.15, -0.1) is 0 Å². The Morgan fingerprint density at radius 2 is 1.86 bits per heavy atom. The van der Waals surface area contributed by atoms with E-state index in [0.29, 0.717) is 5.56 Å². The van der Waals surface area contributed by atoms with Crippen molar-refractivity contribution in [2.24, 2.45) is 7.05 Å². The molecule has 1 fully saturated rings. The van der Waals surface area contributed by atoms with Gasteiger partial charge < -0.3 is 20.1 Å². The van der Waals surface area contributed by atoms with Crippen molar-refractivity contribution >= 4 is 39.2 Å². The van der Waals surface area contributed by atoms with E-state index >= 15 is 0 Å². The number of fused-ring (bicyclic) bond motifs is 2. The molecule has 7 heteroatoms. The predicted octanol–water partition coefficient (Wildman–Crippen LogP) is 4.97. The van der Waals surface area contributed by atoms with Gasteiger partial charge in [0.05, 0.1) is 22.3 Å². The molecule has 0 saturated carbocycles. The zero-order chi connectivity index (χ0) is 24.6. The molecule has 3 aromatic carbocycles. The second kappa shape index (κ2) is 9.09. The third kappa shape index (κ3) is 4.18. The Kier molecular flexibility index (Phi) is 5.62. The van der Waals surface area contributed by atoms with E-state index in [2.05, 4.69) is 73.6 Å². The number of aryl methyl sites for hydroxylation is 1. The van der Waals surface area contributed by atoms with E-state index in [-0.39, 0.29) is 11.9 Å². The summed E-state index contributed by atoms with van der Waals surface area (Å²) < 4.78 is 2.12.